The molecule has 206 valence electrons. The first-order chi connectivity index (χ1) is 20.4. The third kappa shape index (κ3) is 3.43. The molecule has 1 heterocycles. The number of hydrogen-bond acceptors (Lipinski definition) is 6. The van der Waals surface area contributed by atoms with Crippen LogP contribution in [-0.2, 0) is 15.0 Å². The molecule has 4 aromatic carbocycles. The number of hydrazone groups is 1. The van der Waals surface area contributed by atoms with Gasteiger partial charge in [-0.2, -0.15) is 5.10 Å². The first-order valence-electron chi connectivity index (χ1n) is 13.3. The van der Waals surface area contributed by atoms with Gasteiger partial charge in [-0.1, -0.05) is 84.4 Å². The minimum Gasteiger partial charge on any atom is -0.274 e. The molecule has 1 aliphatic heterocycles. The van der Waals surface area contributed by atoms with Crippen LogP contribution in [0.3, 0.4) is 0 Å². The molecule has 9 nitrogen and oxygen atoms in total. The van der Waals surface area contributed by atoms with Gasteiger partial charge in [-0.05, 0) is 40.5 Å². The number of imide groups is 1. The molecule has 0 saturated carbocycles. The smallest absolute Gasteiger partial charge is 0.274 e. The molecular weight excluding hydrogens is 556 g/mol. The third-order valence-electron chi connectivity index (χ3n) is 8.56. The first-order valence-corrected chi connectivity index (χ1v) is 13.6. The summed E-state index contributed by atoms with van der Waals surface area (Å²) in [5.41, 5.74) is 4.43. The number of nitro benzene ring substituents is 1. The molecule has 1 fully saturated rings. The lowest BCUT2D eigenvalue weighted by molar-refractivity contribution is -0.385. The number of benzene rings is 4. The summed E-state index contributed by atoms with van der Waals surface area (Å²) in [6.45, 7) is 0. The predicted molar refractivity (Wildman–Crippen MR) is 155 cm³/mol. The maximum atomic E-state index is 14.4. The first kappa shape index (κ1) is 25.8. The van der Waals surface area contributed by atoms with Gasteiger partial charge in [0.25, 0.3) is 11.6 Å². The Morgan fingerprint density at radius 1 is 0.881 bits per heavy atom. The molecule has 3 amide bonds. The van der Waals surface area contributed by atoms with Gasteiger partial charge < -0.3 is 0 Å². The molecule has 10 heteroatoms. The molecule has 0 spiro atoms. The second-order valence-corrected chi connectivity index (χ2v) is 10.9. The van der Waals surface area contributed by atoms with Crippen LogP contribution >= 0.6 is 11.6 Å². The van der Waals surface area contributed by atoms with E-state index in [9.17, 15) is 24.5 Å². The number of hydrogen-bond donors (Lipinski definition) is 1. The molecule has 1 saturated heterocycles. The lowest BCUT2D eigenvalue weighted by atomic mass is 9.47. The van der Waals surface area contributed by atoms with E-state index in [1.54, 1.807) is 24.3 Å². The summed E-state index contributed by atoms with van der Waals surface area (Å²) in [4.78, 5) is 53.7. The number of amides is 3. The zero-order chi connectivity index (χ0) is 29.2. The quantitative estimate of drug-likeness (QED) is 0.151. The molecular formula is C32H21ClN4O5. The van der Waals surface area contributed by atoms with Crippen molar-refractivity contribution in [3.05, 3.63) is 140 Å². The fourth-order valence-electron chi connectivity index (χ4n) is 7.00. The molecule has 2 atom stereocenters. The molecule has 0 aromatic heterocycles. The van der Waals surface area contributed by atoms with Crippen molar-refractivity contribution in [3.63, 3.8) is 0 Å². The average molecular weight is 577 g/mol. The Balaban J connectivity index is 1.40. The minimum atomic E-state index is -1.22. The van der Waals surface area contributed by atoms with Crippen LogP contribution in [0.2, 0.25) is 5.02 Å². The van der Waals surface area contributed by atoms with E-state index < -0.39 is 34.0 Å². The van der Waals surface area contributed by atoms with Crippen molar-refractivity contribution in [2.75, 3.05) is 4.90 Å². The Morgan fingerprint density at radius 2 is 1.48 bits per heavy atom. The van der Waals surface area contributed by atoms with E-state index in [0.717, 1.165) is 22.3 Å². The monoisotopic (exact) mass is 576 g/mol. The lowest BCUT2D eigenvalue weighted by Gasteiger charge is -2.52. The zero-order valence-electron chi connectivity index (χ0n) is 21.8. The lowest BCUT2D eigenvalue weighted by Crippen LogP contribution is -2.54. The summed E-state index contributed by atoms with van der Waals surface area (Å²) < 4.78 is 0. The van der Waals surface area contributed by atoms with E-state index in [-0.39, 0.29) is 28.1 Å². The number of carbonyl (C=O) groups is 3. The topological polar surface area (TPSA) is 122 Å². The van der Waals surface area contributed by atoms with Gasteiger partial charge in [0.05, 0.1) is 32.9 Å². The van der Waals surface area contributed by atoms with Crippen molar-refractivity contribution < 1.29 is 19.3 Å². The van der Waals surface area contributed by atoms with Crippen molar-refractivity contribution in [2.45, 2.75) is 11.3 Å². The highest BCUT2D eigenvalue weighted by molar-refractivity contribution is 6.36. The number of nitrogens with zero attached hydrogens (tertiary/aromatic N) is 3. The Labute approximate surface area is 244 Å². The molecule has 2 unspecified atom stereocenters. The van der Waals surface area contributed by atoms with E-state index in [4.69, 9.17) is 11.6 Å². The standard InChI is InChI=1S/C32H21ClN4O5/c33-23-14-6-8-16-25(23)36-30(39)27-26-18-9-1-4-12-21(18)32(28(27)31(36)40,22-13-5-2-10-19(22)26)17-34-35-29(38)20-11-3-7-15-24(20)37(41)42/h1-17,26-28H,(H,35,38). The maximum Gasteiger partial charge on any atom is 0.282 e. The van der Waals surface area contributed by atoms with Crippen molar-refractivity contribution in [1.82, 2.24) is 5.43 Å². The van der Waals surface area contributed by atoms with Crippen molar-refractivity contribution in [2.24, 2.45) is 16.9 Å². The third-order valence-corrected chi connectivity index (χ3v) is 8.88. The van der Waals surface area contributed by atoms with Crippen LogP contribution < -0.4 is 10.3 Å². The van der Waals surface area contributed by atoms with Gasteiger partial charge in [0.2, 0.25) is 11.8 Å². The summed E-state index contributed by atoms with van der Waals surface area (Å²) in [5, 5.41) is 16.1. The highest BCUT2D eigenvalue weighted by atomic mass is 35.5. The van der Waals surface area contributed by atoms with Gasteiger partial charge >= 0.3 is 0 Å². The number of para-hydroxylation sites is 2. The van der Waals surface area contributed by atoms with Crippen LogP contribution in [0.15, 0.2) is 102 Å². The molecule has 4 aliphatic rings. The van der Waals surface area contributed by atoms with Gasteiger partial charge in [0, 0.05) is 18.2 Å². The van der Waals surface area contributed by atoms with E-state index in [1.165, 1.54) is 35.4 Å². The van der Waals surface area contributed by atoms with E-state index in [2.05, 4.69) is 10.5 Å². The Hall–Kier alpha value is -5.15. The normalized spacial score (nSPS) is 23.5. The fourth-order valence-corrected chi connectivity index (χ4v) is 7.22. The molecule has 8 rings (SSSR count). The van der Waals surface area contributed by atoms with Crippen molar-refractivity contribution >= 4 is 46.9 Å². The van der Waals surface area contributed by atoms with Gasteiger partial charge in [-0.15, -0.1) is 0 Å². The van der Waals surface area contributed by atoms with E-state index >= 15 is 0 Å². The Morgan fingerprint density at radius 3 is 2.14 bits per heavy atom. The van der Waals surface area contributed by atoms with Crippen LogP contribution in [0.25, 0.3) is 0 Å². The second-order valence-electron chi connectivity index (χ2n) is 10.5. The Bertz CT molecular complexity index is 1820. The van der Waals surface area contributed by atoms with Gasteiger partial charge in [0.15, 0.2) is 0 Å². The van der Waals surface area contributed by atoms with Crippen molar-refractivity contribution in [3.8, 4) is 0 Å². The molecule has 1 N–H and O–H groups in total. The highest BCUT2D eigenvalue weighted by Gasteiger charge is 2.68. The second kappa shape index (κ2) is 9.46. The van der Waals surface area contributed by atoms with Crippen LogP contribution in [0, 0.1) is 22.0 Å². The van der Waals surface area contributed by atoms with Crippen LogP contribution in [0.4, 0.5) is 11.4 Å². The summed E-state index contributed by atoms with van der Waals surface area (Å²) in [6.07, 6.45) is 1.51. The van der Waals surface area contributed by atoms with E-state index in [1.807, 2.05) is 48.5 Å². The number of anilines is 1. The number of nitro groups is 1. The summed E-state index contributed by atoms with van der Waals surface area (Å²) >= 11 is 6.48. The van der Waals surface area contributed by atoms with Gasteiger partial charge in [-0.25, -0.2) is 10.3 Å². The van der Waals surface area contributed by atoms with Crippen molar-refractivity contribution in [1.29, 1.82) is 0 Å². The molecule has 0 radical (unpaired) electrons. The number of carbonyl (C=O) groups excluding carboxylic acids is 3. The highest BCUT2D eigenvalue weighted by Crippen LogP contribution is 2.63. The Kier molecular flexibility index (Phi) is 5.81. The molecule has 4 aromatic rings. The summed E-state index contributed by atoms with van der Waals surface area (Å²) in [5.74, 6) is -3.52. The number of rotatable bonds is 5. The largest absolute Gasteiger partial charge is 0.282 e. The average Bonchev–Trinajstić information content (AvgIpc) is 3.28. The van der Waals surface area contributed by atoms with Crippen LogP contribution in [0.5, 0.6) is 0 Å². The predicted octanol–water partition coefficient (Wildman–Crippen LogP) is 5.21. The number of halogens is 1. The van der Waals surface area contributed by atoms with Gasteiger partial charge in [0.1, 0.15) is 5.56 Å². The summed E-state index contributed by atoms with van der Waals surface area (Å²) in [6, 6.07) is 27.6. The molecule has 2 bridgehead atoms. The van der Waals surface area contributed by atoms with E-state index in [0.29, 0.717) is 5.69 Å². The van der Waals surface area contributed by atoms with Crippen LogP contribution in [0.1, 0.15) is 38.5 Å². The zero-order valence-corrected chi connectivity index (χ0v) is 22.6. The summed E-state index contributed by atoms with van der Waals surface area (Å²) in [7, 11) is 0. The molecule has 3 aliphatic carbocycles. The van der Waals surface area contributed by atoms with Crippen LogP contribution in [-0.4, -0.2) is 28.9 Å². The SMILES string of the molecule is O=C(NN=CC12c3ccccc3C(c3ccccc31)C1C(=O)N(c3ccccc3Cl)C(=O)C12)c1ccccc1[N+](=O)[O-]. The number of nitrogens with one attached hydrogen (secondary N) is 1. The fraction of sp³-hybridized carbons (Fsp3) is 0.125. The van der Waals surface area contributed by atoms with Gasteiger partial charge in [-0.3, -0.25) is 24.5 Å². The molecule has 42 heavy (non-hydrogen) atoms. The maximum absolute atomic E-state index is 14.4. The minimum absolute atomic E-state index is 0.153.